The molecule has 1 rings (SSSR count). The number of rotatable bonds is 5. The number of aliphatic carboxylic acids is 1. The molecule has 5 nitrogen and oxygen atoms in total. The van der Waals surface area contributed by atoms with E-state index in [4.69, 9.17) is 20.3 Å². The number of carboxylic acid groups (broad SMARTS) is 1. The molecular weight excluding hydrogens is 302 g/mol. The molecule has 0 aliphatic carbocycles. The Morgan fingerprint density at radius 1 is 1.50 bits per heavy atom. The summed E-state index contributed by atoms with van der Waals surface area (Å²) >= 11 is 3.39. The number of halogens is 1. The molecule has 1 aromatic carbocycles. The van der Waals surface area contributed by atoms with Gasteiger partial charge in [-0.3, -0.25) is 4.79 Å². The van der Waals surface area contributed by atoms with Crippen LogP contribution < -0.4 is 15.2 Å². The third-order valence-electron chi connectivity index (χ3n) is 2.81. The predicted octanol–water partition coefficient (Wildman–Crippen LogP) is 1.90. The van der Waals surface area contributed by atoms with Gasteiger partial charge in [0.05, 0.1) is 24.6 Å². The molecule has 1 unspecified atom stereocenters. The Kier molecular flexibility index (Phi) is 4.98. The lowest BCUT2D eigenvalue weighted by atomic mass is 9.94. The molecule has 0 aromatic heterocycles. The zero-order valence-corrected chi connectivity index (χ0v) is 12.1. The SMILES string of the molecule is COc1cc(C(CN)C(=O)O)c(C)c(Br)c1OC. The first kappa shape index (κ1) is 14.8. The molecule has 0 saturated carbocycles. The van der Waals surface area contributed by atoms with Crippen LogP contribution in [0.4, 0.5) is 0 Å². The summed E-state index contributed by atoms with van der Waals surface area (Å²) in [5.41, 5.74) is 6.92. The van der Waals surface area contributed by atoms with E-state index in [1.165, 1.54) is 14.2 Å². The zero-order chi connectivity index (χ0) is 13.9. The van der Waals surface area contributed by atoms with Gasteiger partial charge in [0, 0.05) is 6.54 Å². The highest BCUT2D eigenvalue weighted by Crippen LogP contribution is 2.41. The molecule has 0 aliphatic heterocycles. The Morgan fingerprint density at radius 2 is 2.11 bits per heavy atom. The summed E-state index contributed by atoms with van der Waals surface area (Å²) in [6.45, 7) is 1.84. The van der Waals surface area contributed by atoms with E-state index >= 15 is 0 Å². The lowest BCUT2D eigenvalue weighted by molar-refractivity contribution is -0.138. The summed E-state index contributed by atoms with van der Waals surface area (Å²) < 4.78 is 11.1. The van der Waals surface area contributed by atoms with E-state index in [0.717, 1.165) is 5.56 Å². The van der Waals surface area contributed by atoms with Gasteiger partial charge in [-0.15, -0.1) is 0 Å². The smallest absolute Gasteiger partial charge is 0.312 e. The van der Waals surface area contributed by atoms with Crippen LogP contribution in [0.25, 0.3) is 0 Å². The third kappa shape index (κ3) is 2.59. The highest BCUT2D eigenvalue weighted by molar-refractivity contribution is 9.10. The van der Waals surface area contributed by atoms with Crippen LogP contribution in [-0.2, 0) is 4.79 Å². The van der Waals surface area contributed by atoms with Gasteiger partial charge in [-0.1, -0.05) is 0 Å². The molecular formula is C12H16BrNO4. The maximum atomic E-state index is 11.2. The van der Waals surface area contributed by atoms with E-state index in [1.807, 2.05) is 6.92 Å². The summed E-state index contributed by atoms with van der Waals surface area (Å²) in [4.78, 5) is 11.2. The van der Waals surface area contributed by atoms with Crippen molar-refractivity contribution < 1.29 is 19.4 Å². The number of methoxy groups -OCH3 is 2. The lowest BCUT2D eigenvalue weighted by Gasteiger charge is -2.18. The predicted molar refractivity (Wildman–Crippen MR) is 71.4 cm³/mol. The van der Waals surface area contributed by atoms with Gasteiger partial charge in [-0.2, -0.15) is 0 Å². The van der Waals surface area contributed by atoms with Gasteiger partial charge >= 0.3 is 5.97 Å². The third-order valence-corrected chi connectivity index (χ3v) is 3.76. The first-order valence-corrected chi connectivity index (χ1v) is 6.11. The Labute approximate surface area is 114 Å². The average molecular weight is 318 g/mol. The minimum Gasteiger partial charge on any atom is -0.493 e. The van der Waals surface area contributed by atoms with E-state index in [-0.39, 0.29) is 6.54 Å². The number of carbonyl (C=O) groups is 1. The van der Waals surface area contributed by atoms with E-state index in [9.17, 15) is 4.79 Å². The fourth-order valence-corrected chi connectivity index (χ4v) is 2.37. The molecule has 0 fully saturated rings. The summed E-state index contributed by atoms with van der Waals surface area (Å²) in [6, 6.07) is 1.66. The maximum Gasteiger partial charge on any atom is 0.312 e. The minimum atomic E-state index is -0.959. The number of carboxylic acids is 1. The van der Waals surface area contributed by atoms with Crippen molar-refractivity contribution in [1.29, 1.82) is 0 Å². The van der Waals surface area contributed by atoms with E-state index in [1.54, 1.807) is 6.07 Å². The van der Waals surface area contributed by atoms with Crippen LogP contribution in [0.3, 0.4) is 0 Å². The van der Waals surface area contributed by atoms with Gasteiger partial charge in [-0.05, 0) is 40.0 Å². The Bertz CT molecular complexity index is 462. The van der Waals surface area contributed by atoms with Crippen molar-refractivity contribution in [3.8, 4) is 11.5 Å². The second-order valence-electron chi connectivity index (χ2n) is 3.77. The van der Waals surface area contributed by atoms with Gasteiger partial charge in [0.25, 0.3) is 0 Å². The molecule has 0 aliphatic rings. The molecule has 1 atom stereocenters. The molecule has 6 heteroatoms. The van der Waals surface area contributed by atoms with Crippen molar-refractivity contribution in [2.45, 2.75) is 12.8 Å². The fraction of sp³-hybridized carbons (Fsp3) is 0.417. The van der Waals surface area contributed by atoms with Crippen LogP contribution in [0, 0.1) is 6.92 Å². The molecule has 0 heterocycles. The highest BCUT2D eigenvalue weighted by Gasteiger charge is 2.24. The molecule has 18 heavy (non-hydrogen) atoms. The fourth-order valence-electron chi connectivity index (χ4n) is 1.78. The van der Waals surface area contributed by atoms with Crippen molar-refractivity contribution >= 4 is 21.9 Å². The quantitative estimate of drug-likeness (QED) is 0.866. The second-order valence-corrected chi connectivity index (χ2v) is 4.56. The lowest BCUT2D eigenvalue weighted by Crippen LogP contribution is -2.22. The van der Waals surface area contributed by atoms with Crippen molar-refractivity contribution in [2.24, 2.45) is 5.73 Å². The molecule has 0 bridgehead atoms. The van der Waals surface area contributed by atoms with E-state index in [0.29, 0.717) is 21.5 Å². The summed E-state index contributed by atoms with van der Waals surface area (Å²) in [5.74, 6) is -0.703. The van der Waals surface area contributed by atoms with Crippen LogP contribution in [0.15, 0.2) is 10.5 Å². The van der Waals surface area contributed by atoms with E-state index < -0.39 is 11.9 Å². The van der Waals surface area contributed by atoms with Crippen LogP contribution in [0.1, 0.15) is 17.0 Å². The van der Waals surface area contributed by atoms with Crippen LogP contribution in [0.2, 0.25) is 0 Å². The topological polar surface area (TPSA) is 81.8 Å². The zero-order valence-electron chi connectivity index (χ0n) is 10.5. The van der Waals surface area contributed by atoms with Crippen LogP contribution >= 0.6 is 15.9 Å². The molecule has 1 aromatic rings. The van der Waals surface area contributed by atoms with E-state index in [2.05, 4.69) is 15.9 Å². The number of hydrogen-bond acceptors (Lipinski definition) is 4. The van der Waals surface area contributed by atoms with Gasteiger partial charge < -0.3 is 20.3 Å². The summed E-state index contributed by atoms with van der Waals surface area (Å²) in [7, 11) is 3.03. The molecule has 3 N–H and O–H groups in total. The molecule has 0 saturated heterocycles. The second kappa shape index (κ2) is 6.06. The maximum absolute atomic E-state index is 11.2. The Balaban J connectivity index is 3.46. The van der Waals surface area contributed by atoms with Crippen molar-refractivity contribution in [3.05, 3.63) is 21.7 Å². The van der Waals surface area contributed by atoms with Gasteiger partial charge in [0.15, 0.2) is 11.5 Å². The highest BCUT2D eigenvalue weighted by atomic mass is 79.9. The summed E-state index contributed by atoms with van der Waals surface area (Å²) in [6.07, 6.45) is 0. The normalized spacial score (nSPS) is 12.1. The number of ether oxygens (including phenoxy) is 2. The van der Waals surface area contributed by atoms with Crippen LogP contribution in [0.5, 0.6) is 11.5 Å². The monoisotopic (exact) mass is 317 g/mol. The standard InChI is InChI=1S/C12H16BrNO4/c1-6-7(8(5-14)12(15)16)4-9(17-2)11(18-3)10(6)13/h4,8H,5,14H2,1-3H3,(H,15,16). The number of nitrogens with two attached hydrogens (primary N) is 1. The first-order valence-electron chi connectivity index (χ1n) is 5.31. The molecule has 100 valence electrons. The van der Waals surface area contributed by atoms with Gasteiger partial charge in [0.1, 0.15) is 0 Å². The summed E-state index contributed by atoms with van der Waals surface area (Å²) in [5, 5.41) is 9.16. The van der Waals surface area contributed by atoms with Crippen LogP contribution in [-0.4, -0.2) is 31.8 Å². The van der Waals surface area contributed by atoms with Crippen molar-refractivity contribution in [3.63, 3.8) is 0 Å². The average Bonchev–Trinajstić information content (AvgIpc) is 2.34. The van der Waals surface area contributed by atoms with Gasteiger partial charge in [0.2, 0.25) is 0 Å². The molecule has 0 spiro atoms. The number of hydrogen-bond donors (Lipinski definition) is 2. The van der Waals surface area contributed by atoms with Crippen molar-refractivity contribution in [1.82, 2.24) is 0 Å². The Morgan fingerprint density at radius 3 is 2.50 bits per heavy atom. The number of benzene rings is 1. The van der Waals surface area contributed by atoms with Crippen molar-refractivity contribution in [2.75, 3.05) is 20.8 Å². The Hall–Kier alpha value is -1.27. The minimum absolute atomic E-state index is 0.0259. The molecule has 0 amide bonds. The first-order chi connectivity index (χ1) is 8.47. The van der Waals surface area contributed by atoms with Gasteiger partial charge in [-0.25, -0.2) is 0 Å². The largest absolute Gasteiger partial charge is 0.493 e. The molecule has 0 radical (unpaired) electrons.